The third-order valence-corrected chi connectivity index (χ3v) is 5.63. The molecule has 0 saturated heterocycles. The van der Waals surface area contributed by atoms with Gasteiger partial charge in [0.15, 0.2) is 0 Å². The number of urea groups is 1. The molecule has 1 aliphatic heterocycles. The van der Waals surface area contributed by atoms with Gasteiger partial charge in [0.1, 0.15) is 17.9 Å². The highest BCUT2D eigenvalue weighted by molar-refractivity contribution is 6.30. The van der Waals surface area contributed by atoms with Gasteiger partial charge in [-0.05, 0) is 18.1 Å². The second kappa shape index (κ2) is 8.82. The number of nitrogens with one attached hydrogen (secondary N) is 2. The summed E-state index contributed by atoms with van der Waals surface area (Å²) in [5.41, 5.74) is 1.71. The zero-order chi connectivity index (χ0) is 21.1. The summed E-state index contributed by atoms with van der Waals surface area (Å²) in [5.74, 6) is -1.16. The molecule has 9 heteroatoms. The van der Waals surface area contributed by atoms with Gasteiger partial charge in [0.25, 0.3) is 0 Å². The van der Waals surface area contributed by atoms with E-state index in [4.69, 9.17) is 16.3 Å². The van der Waals surface area contributed by atoms with E-state index >= 15 is 0 Å². The van der Waals surface area contributed by atoms with Crippen LogP contribution in [-0.4, -0.2) is 46.6 Å². The van der Waals surface area contributed by atoms with Crippen LogP contribution in [0.25, 0.3) is 0 Å². The quantitative estimate of drug-likeness (QED) is 0.722. The minimum Gasteiger partial charge on any atom is -0.467 e. The molecule has 0 spiro atoms. The summed E-state index contributed by atoms with van der Waals surface area (Å²) in [6, 6.07) is 2.33. The highest BCUT2D eigenvalue weighted by Gasteiger charge is 2.37. The Morgan fingerprint density at radius 1 is 1.48 bits per heavy atom. The molecule has 0 fully saturated rings. The van der Waals surface area contributed by atoms with Gasteiger partial charge in [-0.2, -0.15) is 0 Å². The van der Waals surface area contributed by atoms with Gasteiger partial charge in [0.2, 0.25) is 0 Å². The fourth-order valence-electron chi connectivity index (χ4n) is 3.55. The first-order valence-electron chi connectivity index (χ1n) is 9.49. The van der Waals surface area contributed by atoms with E-state index in [1.165, 1.54) is 24.4 Å². The van der Waals surface area contributed by atoms with E-state index in [0.29, 0.717) is 25.1 Å². The number of esters is 1. The SMILES string of the molecule is CC[C@@H](C)[C@H](NC(=O)N1CCc2[nH]cnc2C1c1ccc(Cl)cc1F)C(=O)OC. The largest absolute Gasteiger partial charge is 0.467 e. The zero-order valence-electron chi connectivity index (χ0n) is 16.5. The number of carbonyl (C=O) groups is 2. The van der Waals surface area contributed by atoms with Gasteiger partial charge in [0, 0.05) is 29.2 Å². The number of hydrogen-bond donors (Lipinski definition) is 2. The van der Waals surface area contributed by atoms with Crippen LogP contribution < -0.4 is 5.32 Å². The van der Waals surface area contributed by atoms with E-state index in [1.54, 1.807) is 12.1 Å². The Labute approximate surface area is 173 Å². The standard InChI is InChI=1S/C20H24ClFN4O3/c1-4-11(2)16(19(27)29-3)25-20(28)26-8-7-15-17(24-10-23-15)18(26)13-6-5-12(21)9-14(13)22/h5-6,9-11,16,18H,4,7-8H2,1-3H3,(H,23,24)(H,25,28)/t11-,16+,18?/m1/s1. The van der Waals surface area contributed by atoms with Crippen LogP contribution in [0.2, 0.25) is 5.02 Å². The molecular weight excluding hydrogens is 399 g/mol. The molecule has 2 N–H and O–H groups in total. The van der Waals surface area contributed by atoms with E-state index in [0.717, 1.165) is 5.69 Å². The average molecular weight is 423 g/mol. The van der Waals surface area contributed by atoms with Gasteiger partial charge in [-0.1, -0.05) is 37.9 Å². The lowest BCUT2D eigenvalue weighted by atomic mass is 9.95. The highest BCUT2D eigenvalue weighted by atomic mass is 35.5. The van der Waals surface area contributed by atoms with Gasteiger partial charge < -0.3 is 19.9 Å². The minimum atomic E-state index is -0.797. The highest BCUT2D eigenvalue weighted by Crippen LogP contribution is 2.35. The molecule has 1 unspecified atom stereocenters. The Morgan fingerprint density at radius 3 is 2.90 bits per heavy atom. The van der Waals surface area contributed by atoms with E-state index in [9.17, 15) is 14.0 Å². The van der Waals surface area contributed by atoms with E-state index in [2.05, 4.69) is 15.3 Å². The monoisotopic (exact) mass is 422 g/mol. The molecule has 0 bridgehead atoms. The number of fused-ring (bicyclic) bond motifs is 1. The smallest absolute Gasteiger partial charge is 0.328 e. The third-order valence-electron chi connectivity index (χ3n) is 5.39. The van der Waals surface area contributed by atoms with Crippen LogP contribution in [0.15, 0.2) is 24.5 Å². The van der Waals surface area contributed by atoms with Crippen molar-refractivity contribution in [2.75, 3.05) is 13.7 Å². The number of methoxy groups -OCH3 is 1. The molecule has 0 aliphatic carbocycles. The predicted molar refractivity (Wildman–Crippen MR) is 106 cm³/mol. The number of halogens is 2. The third kappa shape index (κ3) is 4.22. The number of nitrogens with zero attached hydrogens (tertiary/aromatic N) is 2. The average Bonchev–Trinajstić information content (AvgIpc) is 3.19. The lowest BCUT2D eigenvalue weighted by Gasteiger charge is -2.36. The molecule has 1 aliphatic rings. The molecule has 156 valence electrons. The first-order valence-corrected chi connectivity index (χ1v) is 9.87. The number of hydrogen-bond acceptors (Lipinski definition) is 4. The molecule has 1 aromatic heterocycles. The maximum absolute atomic E-state index is 14.7. The molecule has 7 nitrogen and oxygen atoms in total. The number of H-pyrrole nitrogens is 1. The first kappa shape index (κ1) is 21.1. The second-order valence-corrected chi connectivity index (χ2v) is 7.55. The molecular formula is C20H24ClFN4O3. The van der Waals surface area contributed by atoms with Crippen molar-refractivity contribution in [3.8, 4) is 0 Å². The van der Waals surface area contributed by atoms with Gasteiger partial charge in [-0.15, -0.1) is 0 Å². The number of aromatic nitrogens is 2. The number of rotatable bonds is 5. The Hall–Kier alpha value is -2.61. The van der Waals surface area contributed by atoms with Crippen molar-refractivity contribution in [3.63, 3.8) is 0 Å². The summed E-state index contributed by atoms with van der Waals surface area (Å²) in [6.45, 7) is 4.12. The molecule has 2 heterocycles. The van der Waals surface area contributed by atoms with Gasteiger partial charge in [-0.25, -0.2) is 19.0 Å². The summed E-state index contributed by atoms with van der Waals surface area (Å²) in [4.78, 5) is 34.2. The van der Waals surface area contributed by atoms with Crippen molar-refractivity contribution in [3.05, 3.63) is 52.3 Å². The number of benzene rings is 1. The lowest BCUT2D eigenvalue weighted by Crippen LogP contribution is -2.53. The normalized spacial score (nSPS) is 18.0. The number of aromatic amines is 1. The predicted octanol–water partition coefficient (Wildman–Crippen LogP) is 3.45. The summed E-state index contributed by atoms with van der Waals surface area (Å²) in [6.07, 6.45) is 2.75. The summed E-state index contributed by atoms with van der Waals surface area (Å²) in [7, 11) is 1.28. The summed E-state index contributed by atoms with van der Waals surface area (Å²) in [5, 5.41) is 3.03. The zero-order valence-corrected chi connectivity index (χ0v) is 17.3. The maximum atomic E-state index is 14.7. The Balaban J connectivity index is 1.96. The van der Waals surface area contributed by atoms with Crippen LogP contribution in [0.4, 0.5) is 9.18 Å². The van der Waals surface area contributed by atoms with Crippen LogP contribution in [0.3, 0.4) is 0 Å². The molecule has 1 aromatic carbocycles. The first-order chi connectivity index (χ1) is 13.9. The Morgan fingerprint density at radius 2 is 2.24 bits per heavy atom. The van der Waals surface area contributed by atoms with Crippen LogP contribution in [0.1, 0.15) is 43.3 Å². The second-order valence-electron chi connectivity index (χ2n) is 7.11. The van der Waals surface area contributed by atoms with Crippen molar-refractivity contribution in [1.29, 1.82) is 0 Å². The fourth-order valence-corrected chi connectivity index (χ4v) is 3.70. The van der Waals surface area contributed by atoms with Gasteiger partial charge in [0.05, 0.1) is 19.1 Å². The van der Waals surface area contributed by atoms with Crippen LogP contribution in [0.5, 0.6) is 0 Å². The van der Waals surface area contributed by atoms with Crippen molar-refractivity contribution in [2.45, 2.75) is 38.8 Å². The molecule has 2 amide bonds. The van der Waals surface area contributed by atoms with E-state index in [1.807, 2.05) is 13.8 Å². The molecule has 3 rings (SSSR count). The number of imidazole rings is 1. The minimum absolute atomic E-state index is 0.122. The van der Waals surface area contributed by atoms with Crippen LogP contribution in [-0.2, 0) is 16.0 Å². The van der Waals surface area contributed by atoms with Crippen LogP contribution in [0, 0.1) is 11.7 Å². The maximum Gasteiger partial charge on any atom is 0.328 e. The summed E-state index contributed by atoms with van der Waals surface area (Å²) >= 11 is 5.90. The molecule has 0 radical (unpaired) electrons. The molecule has 29 heavy (non-hydrogen) atoms. The van der Waals surface area contributed by atoms with E-state index in [-0.39, 0.29) is 16.5 Å². The molecule has 2 aromatic rings. The van der Waals surface area contributed by atoms with Crippen molar-refractivity contribution < 1.29 is 18.7 Å². The number of ether oxygens (including phenoxy) is 1. The lowest BCUT2D eigenvalue weighted by molar-refractivity contribution is -0.144. The fraction of sp³-hybridized carbons (Fsp3) is 0.450. The van der Waals surface area contributed by atoms with E-state index < -0.39 is 29.9 Å². The number of amides is 2. The topological polar surface area (TPSA) is 87.3 Å². The van der Waals surface area contributed by atoms with Crippen molar-refractivity contribution >= 4 is 23.6 Å². The number of carbonyl (C=O) groups excluding carboxylic acids is 2. The van der Waals surface area contributed by atoms with Gasteiger partial charge >= 0.3 is 12.0 Å². The van der Waals surface area contributed by atoms with Crippen LogP contribution >= 0.6 is 11.6 Å². The Bertz CT molecular complexity index is 904. The van der Waals surface area contributed by atoms with Crippen molar-refractivity contribution in [1.82, 2.24) is 20.2 Å². The summed E-state index contributed by atoms with van der Waals surface area (Å²) < 4.78 is 19.6. The van der Waals surface area contributed by atoms with Crippen molar-refractivity contribution in [2.24, 2.45) is 5.92 Å². The van der Waals surface area contributed by atoms with Gasteiger partial charge in [-0.3, -0.25) is 0 Å². The molecule has 3 atom stereocenters. The Kier molecular flexibility index (Phi) is 6.42. The molecule has 0 saturated carbocycles.